The lowest BCUT2D eigenvalue weighted by atomic mass is 9.96. The van der Waals surface area contributed by atoms with Gasteiger partial charge < -0.3 is 24.8 Å². The molecule has 2 N–H and O–H groups in total. The Hall–Kier alpha value is -3.89. The lowest BCUT2D eigenvalue weighted by Gasteiger charge is -2.34. The maximum atomic E-state index is 14.0. The summed E-state index contributed by atoms with van der Waals surface area (Å²) >= 11 is 0. The monoisotopic (exact) mass is 490 g/mol. The van der Waals surface area contributed by atoms with E-state index in [2.05, 4.69) is 15.7 Å². The van der Waals surface area contributed by atoms with Crippen molar-refractivity contribution >= 4 is 11.7 Å². The zero-order chi connectivity index (χ0) is 25.2. The summed E-state index contributed by atoms with van der Waals surface area (Å²) in [6.07, 6.45) is -3.71. The number of benzene rings is 2. The number of ether oxygens (including phenoxy) is 3. The zero-order valence-electron chi connectivity index (χ0n) is 19.3. The minimum atomic E-state index is -4.56. The number of rotatable bonds is 7. The average Bonchev–Trinajstić information content (AvgIpc) is 3.30. The number of methoxy groups -OCH3 is 3. The van der Waals surface area contributed by atoms with E-state index in [-0.39, 0.29) is 24.3 Å². The summed E-state index contributed by atoms with van der Waals surface area (Å²) in [7, 11) is 4.48. The van der Waals surface area contributed by atoms with Crippen LogP contribution in [0.5, 0.6) is 17.2 Å². The van der Waals surface area contributed by atoms with Gasteiger partial charge in [-0.25, -0.2) is 4.68 Å². The topological polar surface area (TPSA) is 86.6 Å². The van der Waals surface area contributed by atoms with Gasteiger partial charge in [-0.1, -0.05) is 18.2 Å². The van der Waals surface area contributed by atoms with E-state index < -0.39 is 24.2 Å². The number of nitrogens with one attached hydrogen (secondary N) is 2. The van der Waals surface area contributed by atoms with Crippen LogP contribution >= 0.6 is 0 Å². The van der Waals surface area contributed by atoms with E-state index in [4.69, 9.17) is 14.2 Å². The Kier molecular flexibility index (Phi) is 6.77. The molecule has 1 aromatic heterocycles. The molecule has 1 aliphatic rings. The number of carbonyl (C=O) groups is 1. The Morgan fingerprint density at radius 3 is 2.43 bits per heavy atom. The number of halogens is 3. The molecule has 3 aromatic rings. The fraction of sp³-hybridized carbons (Fsp3) is 0.333. The summed E-state index contributed by atoms with van der Waals surface area (Å²) in [4.78, 5) is 12.9. The Morgan fingerprint density at radius 1 is 1.09 bits per heavy atom. The number of carbonyl (C=O) groups excluding carboxylic acids is 1. The molecule has 4 rings (SSSR count). The molecule has 0 radical (unpaired) electrons. The predicted octanol–water partition coefficient (Wildman–Crippen LogP) is 4.50. The number of alkyl halides is 3. The van der Waals surface area contributed by atoms with Crippen LogP contribution in [0.3, 0.4) is 0 Å². The molecule has 8 nitrogen and oxygen atoms in total. The van der Waals surface area contributed by atoms with Gasteiger partial charge in [-0.05, 0) is 35.4 Å². The van der Waals surface area contributed by atoms with Crippen LogP contribution in [0.1, 0.15) is 40.0 Å². The molecule has 11 heteroatoms. The van der Waals surface area contributed by atoms with Gasteiger partial charge in [0.1, 0.15) is 17.1 Å². The number of nitrogens with zero attached hydrogens (tertiary/aromatic N) is 2. The van der Waals surface area contributed by atoms with Crippen LogP contribution in [0.2, 0.25) is 0 Å². The molecule has 0 fully saturated rings. The van der Waals surface area contributed by atoms with E-state index in [0.29, 0.717) is 22.8 Å². The molecule has 0 saturated carbocycles. The maximum absolute atomic E-state index is 14.0. The molecule has 0 saturated heterocycles. The van der Waals surface area contributed by atoms with Crippen molar-refractivity contribution in [3.05, 3.63) is 65.4 Å². The van der Waals surface area contributed by atoms with Gasteiger partial charge in [-0.3, -0.25) is 4.79 Å². The van der Waals surface area contributed by atoms with Gasteiger partial charge in [0.25, 0.3) is 5.91 Å². The van der Waals surface area contributed by atoms with Crippen molar-refractivity contribution in [1.82, 2.24) is 15.1 Å². The Labute approximate surface area is 200 Å². The first kappa shape index (κ1) is 24.2. The van der Waals surface area contributed by atoms with E-state index >= 15 is 0 Å². The van der Waals surface area contributed by atoms with Crippen LogP contribution in [-0.2, 0) is 6.54 Å². The summed E-state index contributed by atoms with van der Waals surface area (Å²) in [5.74, 6) is 0.999. The Bertz CT molecular complexity index is 1190. The van der Waals surface area contributed by atoms with Crippen LogP contribution in [0.25, 0.3) is 0 Å². The Morgan fingerprint density at radius 2 is 1.80 bits per heavy atom. The van der Waals surface area contributed by atoms with E-state index in [1.54, 1.807) is 49.6 Å². The lowest BCUT2D eigenvalue weighted by Crippen LogP contribution is -2.36. The number of anilines is 1. The lowest BCUT2D eigenvalue weighted by molar-refractivity contribution is -0.173. The maximum Gasteiger partial charge on any atom is 0.410 e. The van der Waals surface area contributed by atoms with Gasteiger partial charge >= 0.3 is 6.18 Å². The van der Waals surface area contributed by atoms with Crippen molar-refractivity contribution in [2.75, 3.05) is 26.6 Å². The molecular weight excluding hydrogens is 465 g/mol. The minimum absolute atomic E-state index is 0.00518. The van der Waals surface area contributed by atoms with E-state index in [1.165, 1.54) is 14.2 Å². The van der Waals surface area contributed by atoms with Gasteiger partial charge in [0.15, 0.2) is 17.5 Å². The fourth-order valence-electron chi connectivity index (χ4n) is 4.04. The SMILES string of the molecule is COc1ccc(CNC(=O)c2cnn3c2N[C@@H](c2ccc(OC)c(OC)c2)C[C@@H]3C(F)(F)F)cc1. The molecule has 35 heavy (non-hydrogen) atoms. The molecule has 2 aromatic carbocycles. The fourth-order valence-corrected chi connectivity index (χ4v) is 4.04. The molecule has 0 unspecified atom stereocenters. The normalized spacial score (nSPS) is 17.2. The molecule has 1 aliphatic heterocycles. The molecule has 1 amide bonds. The summed E-state index contributed by atoms with van der Waals surface area (Å²) in [5.41, 5.74) is 1.40. The third-order valence-corrected chi connectivity index (χ3v) is 5.91. The van der Waals surface area contributed by atoms with Gasteiger partial charge in [-0.15, -0.1) is 0 Å². The largest absolute Gasteiger partial charge is 0.497 e. The second-order valence-corrected chi connectivity index (χ2v) is 7.99. The van der Waals surface area contributed by atoms with Crippen LogP contribution < -0.4 is 24.8 Å². The van der Waals surface area contributed by atoms with Crippen molar-refractivity contribution in [1.29, 1.82) is 0 Å². The summed E-state index contributed by atoms with van der Waals surface area (Å²) in [5, 5.41) is 9.72. The van der Waals surface area contributed by atoms with Gasteiger partial charge in [-0.2, -0.15) is 18.3 Å². The first-order chi connectivity index (χ1) is 16.7. The minimum Gasteiger partial charge on any atom is -0.497 e. The highest BCUT2D eigenvalue weighted by Crippen LogP contribution is 2.45. The molecule has 186 valence electrons. The number of fused-ring (bicyclic) bond motifs is 1. The second kappa shape index (κ2) is 9.77. The van der Waals surface area contributed by atoms with Gasteiger partial charge in [0.05, 0.1) is 33.6 Å². The number of hydrogen-bond acceptors (Lipinski definition) is 6. The number of amides is 1. The average molecular weight is 490 g/mol. The third-order valence-electron chi connectivity index (χ3n) is 5.91. The third kappa shape index (κ3) is 4.98. The van der Waals surface area contributed by atoms with Gasteiger partial charge in [0, 0.05) is 13.0 Å². The highest BCUT2D eigenvalue weighted by Gasteiger charge is 2.47. The molecule has 0 aliphatic carbocycles. The summed E-state index contributed by atoms with van der Waals surface area (Å²) < 4.78 is 58.4. The molecular formula is C24H25F3N4O4. The van der Waals surface area contributed by atoms with Crippen LogP contribution in [0, 0.1) is 0 Å². The quantitative estimate of drug-likeness (QED) is 0.507. The first-order valence-electron chi connectivity index (χ1n) is 10.8. The van der Waals surface area contributed by atoms with Crippen molar-refractivity contribution in [3.8, 4) is 17.2 Å². The zero-order valence-corrected chi connectivity index (χ0v) is 19.3. The standard InChI is InChI=1S/C24H25F3N4O4/c1-33-16-7-4-14(5-8-16)12-28-23(32)17-13-29-31-21(24(25,26)27)11-18(30-22(17)31)15-6-9-19(34-2)20(10-15)35-3/h4-10,13,18,21,30H,11-12H2,1-3H3,(H,28,32)/t18-,21-/m1/s1. The first-order valence-corrected chi connectivity index (χ1v) is 10.8. The van der Waals surface area contributed by atoms with E-state index in [0.717, 1.165) is 16.4 Å². The molecule has 0 bridgehead atoms. The smallest absolute Gasteiger partial charge is 0.410 e. The summed E-state index contributed by atoms with van der Waals surface area (Å²) in [6.45, 7) is 0.190. The van der Waals surface area contributed by atoms with E-state index in [1.807, 2.05) is 0 Å². The highest BCUT2D eigenvalue weighted by atomic mass is 19.4. The van der Waals surface area contributed by atoms with Crippen LogP contribution in [-0.4, -0.2) is 43.2 Å². The van der Waals surface area contributed by atoms with Crippen molar-refractivity contribution in [2.24, 2.45) is 0 Å². The van der Waals surface area contributed by atoms with Gasteiger partial charge in [0.2, 0.25) is 0 Å². The van der Waals surface area contributed by atoms with Crippen LogP contribution in [0.15, 0.2) is 48.7 Å². The number of aromatic nitrogens is 2. The molecule has 2 heterocycles. The van der Waals surface area contributed by atoms with Crippen molar-refractivity contribution in [2.45, 2.75) is 31.2 Å². The Balaban J connectivity index is 1.61. The summed E-state index contributed by atoms with van der Waals surface area (Å²) in [6, 6.07) is 9.38. The molecule has 0 spiro atoms. The second-order valence-electron chi connectivity index (χ2n) is 7.99. The van der Waals surface area contributed by atoms with E-state index in [9.17, 15) is 18.0 Å². The van der Waals surface area contributed by atoms with Crippen molar-refractivity contribution < 1.29 is 32.2 Å². The number of hydrogen-bond donors (Lipinski definition) is 2. The highest BCUT2D eigenvalue weighted by molar-refractivity contribution is 5.98. The molecule has 2 atom stereocenters. The van der Waals surface area contributed by atoms with Crippen molar-refractivity contribution in [3.63, 3.8) is 0 Å². The van der Waals surface area contributed by atoms with Crippen LogP contribution in [0.4, 0.5) is 19.0 Å². The predicted molar refractivity (Wildman–Crippen MR) is 122 cm³/mol.